The van der Waals surface area contributed by atoms with Gasteiger partial charge in [-0.15, -0.1) is 10.2 Å². The molecule has 0 saturated carbocycles. The van der Waals surface area contributed by atoms with Crippen LogP contribution in [0.15, 0.2) is 59.8 Å². The van der Waals surface area contributed by atoms with E-state index >= 15 is 0 Å². The fourth-order valence-electron chi connectivity index (χ4n) is 2.94. The zero-order chi connectivity index (χ0) is 20.8. The number of carbonyl (C=O) groups excluding carboxylic acids is 1. The third-order valence-electron chi connectivity index (χ3n) is 4.79. The van der Waals surface area contributed by atoms with E-state index in [4.69, 9.17) is 10.5 Å². The van der Waals surface area contributed by atoms with Crippen molar-refractivity contribution in [3.63, 3.8) is 0 Å². The first kappa shape index (κ1) is 20.9. The Labute approximate surface area is 175 Å². The van der Waals surface area contributed by atoms with Gasteiger partial charge >= 0.3 is 0 Å². The van der Waals surface area contributed by atoms with Crippen LogP contribution in [0.3, 0.4) is 0 Å². The van der Waals surface area contributed by atoms with Crippen LogP contribution in [0.25, 0.3) is 0 Å². The molecule has 1 heterocycles. The van der Waals surface area contributed by atoms with Gasteiger partial charge in [0.15, 0.2) is 11.0 Å². The average molecular weight is 411 g/mol. The third-order valence-corrected chi connectivity index (χ3v) is 5.86. The minimum Gasteiger partial charge on any atom is -0.486 e. The van der Waals surface area contributed by atoms with Crippen LogP contribution < -0.4 is 10.5 Å². The molecule has 0 spiro atoms. The van der Waals surface area contributed by atoms with Gasteiger partial charge in [0.05, 0.1) is 11.3 Å². The SMILES string of the molecule is CCc1ccc(OCc2nnc(S[C@@H](C)C(N)=O)n2[C@H](C)c2ccccc2)cc1. The van der Waals surface area contributed by atoms with Crippen LogP contribution in [-0.4, -0.2) is 25.9 Å². The highest BCUT2D eigenvalue weighted by molar-refractivity contribution is 8.00. The number of rotatable bonds is 9. The molecule has 3 aromatic rings. The number of hydrogen-bond donors (Lipinski definition) is 1. The Morgan fingerprint density at radius 1 is 1.10 bits per heavy atom. The fourth-order valence-corrected chi connectivity index (χ4v) is 3.84. The predicted molar refractivity (Wildman–Crippen MR) is 115 cm³/mol. The second kappa shape index (κ2) is 9.60. The van der Waals surface area contributed by atoms with Crippen molar-refractivity contribution in [2.24, 2.45) is 5.73 Å². The smallest absolute Gasteiger partial charge is 0.230 e. The Morgan fingerprint density at radius 2 is 1.79 bits per heavy atom. The number of primary amides is 1. The molecule has 1 aromatic heterocycles. The third kappa shape index (κ3) is 5.17. The van der Waals surface area contributed by atoms with E-state index in [0.29, 0.717) is 11.0 Å². The van der Waals surface area contributed by atoms with Gasteiger partial charge in [-0.1, -0.05) is 61.2 Å². The van der Waals surface area contributed by atoms with E-state index in [1.807, 2.05) is 34.9 Å². The Kier molecular flexibility index (Phi) is 6.93. The number of benzene rings is 2. The van der Waals surface area contributed by atoms with E-state index in [-0.39, 0.29) is 18.6 Å². The van der Waals surface area contributed by atoms with Crippen molar-refractivity contribution in [3.8, 4) is 5.75 Å². The number of thioether (sulfide) groups is 1. The van der Waals surface area contributed by atoms with E-state index in [2.05, 4.69) is 48.3 Å². The van der Waals surface area contributed by atoms with Crippen molar-refractivity contribution in [2.75, 3.05) is 0 Å². The van der Waals surface area contributed by atoms with E-state index in [1.54, 1.807) is 6.92 Å². The maximum absolute atomic E-state index is 11.5. The minimum atomic E-state index is -0.406. The number of aryl methyl sites for hydroxylation is 1. The molecule has 2 N–H and O–H groups in total. The largest absolute Gasteiger partial charge is 0.486 e. The van der Waals surface area contributed by atoms with Gasteiger partial charge in [0.2, 0.25) is 5.91 Å². The van der Waals surface area contributed by atoms with Crippen LogP contribution in [-0.2, 0) is 17.8 Å². The molecule has 0 fully saturated rings. The second-order valence-corrected chi connectivity index (χ2v) is 8.11. The molecule has 152 valence electrons. The van der Waals surface area contributed by atoms with Gasteiger partial charge in [0.1, 0.15) is 12.4 Å². The molecule has 2 aromatic carbocycles. The number of carbonyl (C=O) groups is 1. The van der Waals surface area contributed by atoms with E-state index in [1.165, 1.54) is 17.3 Å². The van der Waals surface area contributed by atoms with Gasteiger partial charge < -0.3 is 10.5 Å². The van der Waals surface area contributed by atoms with Gasteiger partial charge in [0.25, 0.3) is 0 Å². The Balaban J connectivity index is 1.86. The highest BCUT2D eigenvalue weighted by Crippen LogP contribution is 2.29. The van der Waals surface area contributed by atoms with Crippen LogP contribution in [0.4, 0.5) is 0 Å². The summed E-state index contributed by atoms with van der Waals surface area (Å²) in [4.78, 5) is 11.5. The molecule has 0 aliphatic rings. The van der Waals surface area contributed by atoms with Crippen LogP contribution in [0.5, 0.6) is 5.75 Å². The summed E-state index contributed by atoms with van der Waals surface area (Å²) in [7, 11) is 0. The summed E-state index contributed by atoms with van der Waals surface area (Å²) in [5.74, 6) is 1.09. The molecular formula is C22H26N4O2S. The molecule has 29 heavy (non-hydrogen) atoms. The van der Waals surface area contributed by atoms with Crippen LogP contribution in [0.2, 0.25) is 0 Å². The molecule has 3 rings (SSSR count). The van der Waals surface area contributed by atoms with Crippen LogP contribution >= 0.6 is 11.8 Å². The molecule has 1 amide bonds. The van der Waals surface area contributed by atoms with Gasteiger partial charge in [-0.05, 0) is 43.5 Å². The summed E-state index contributed by atoms with van der Waals surface area (Å²) in [6.45, 7) is 6.25. The van der Waals surface area contributed by atoms with Crippen molar-refractivity contribution >= 4 is 17.7 Å². The Hall–Kier alpha value is -2.80. The monoisotopic (exact) mass is 410 g/mol. The number of nitrogens with two attached hydrogens (primary N) is 1. The average Bonchev–Trinajstić information content (AvgIpc) is 3.14. The van der Waals surface area contributed by atoms with Crippen LogP contribution in [0.1, 0.15) is 43.8 Å². The van der Waals surface area contributed by atoms with Crippen molar-refractivity contribution in [1.82, 2.24) is 14.8 Å². The zero-order valence-electron chi connectivity index (χ0n) is 16.9. The molecule has 0 saturated heterocycles. The summed E-state index contributed by atoms with van der Waals surface area (Å²) >= 11 is 1.31. The summed E-state index contributed by atoms with van der Waals surface area (Å²) in [6, 6.07) is 18.1. The highest BCUT2D eigenvalue weighted by atomic mass is 32.2. The topological polar surface area (TPSA) is 83.0 Å². The van der Waals surface area contributed by atoms with Gasteiger partial charge in [0, 0.05) is 0 Å². The zero-order valence-corrected chi connectivity index (χ0v) is 17.7. The van der Waals surface area contributed by atoms with Crippen molar-refractivity contribution < 1.29 is 9.53 Å². The van der Waals surface area contributed by atoms with Crippen molar-refractivity contribution in [3.05, 3.63) is 71.5 Å². The van der Waals surface area contributed by atoms with Gasteiger partial charge in [-0.3, -0.25) is 9.36 Å². The molecule has 0 radical (unpaired) electrons. The van der Waals surface area contributed by atoms with E-state index in [0.717, 1.165) is 17.7 Å². The summed E-state index contributed by atoms with van der Waals surface area (Å²) in [5.41, 5.74) is 7.83. The fraction of sp³-hybridized carbons (Fsp3) is 0.318. The van der Waals surface area contributed by atoms with Crippen molar-refractivity contribution in [2.45, 2.75) is 50.2 Å². The standard InChI is InChI=1S/C22H26N4O2S/c1-4-17-10-12-19(13-11-17)28-14-20-24-25-22(29-16(3)21(23)27)26(20)15(2)18-8-6-5-7-9-18/h5-13,15-16H,4,14H2,1-3H3,(H2,23,27)/t15-,16+/m1/s1. The first-order chi connectivity index (χ1) is 14.0. The molecule has 7 heteroatoms. The molecule has 0 aliphatic carbocycles. The molecule has 0 bridgehead atoms. The number of aromatic nitrogens is 3. The molecule has 6 nitrogen and oxygen atoms in total. The van der Waals surface area contributed by atoms with Gasteiger partial charge in [-0.25, -0.2) is 0 Å². The van der Waals surface area contributed by atoms with Crippen molar-refractivity contribution in [1.29, 1.82) is 0 Å². The van der Waals surface area contributed by atoms with E-state index in [9.17, 15) is 4.79 Å². The van der Waals surface area contributed by atoms with Crippen LogP contribution in [0, 0.1) is 0 Å². The molecule has 0 unspecified atom stereocenters. The predicted octanol–water partition coefficient (Wildman–Crippen LogP) is 3.99. The lowest BCUT2D eigenvalue weighted by molar-refractivity contribution is -0.117. The number of amides is 1. The number of nitrogens with zero attached hydrogens (tertiary/aromatic N) is 3. The Morgan fingerprint density at radius 3 is 2.41 bits per heavy atom. The minimum absolute atomic E-state index is 0.0187. The van der Waals surface area contributed by atoms with Gasteiger partial charge in [-0.2, -0.15) is 0 Å². The number of hydrogen-bond acceptors (Lipinski definition) is 5. The summed E-state index contributed by atoms with van der Waals surface area (Å²) in [6.07, 6.45) is 0.988. The van der Waals surface area contributed by atoms with E-state index < -0.39 is 5.25 Å². The Bertz CT molecular complexity index is 941. The first-order valence-electron chi connectivity index (χ1n) is 9.66. The second-order valence-electron chi connectivity index (χ2n) is 6.80. The molecule has 2 atom stereocenters. The maximum Gasteiger partial charge on any atom is 0.230 e. The normalized spacial score (nSPS) is 13.1. The molecular weight excluding hydrogens is 384 g/mol. The lowest BCUT2D eigenvalue weighted by atomic mass is 10.1. The maximum atomic E-state index is 11.5. The quantitative estimate of drug-likeness (QED) is 0.539. The number of ether oxygens (including phenoxy) is 1. The lowest BCUT2D eigenvalue weighted by Crippen LogP contribution is -2.23. The molecule has 0 aliphatic heterocycles. The highest BCUT2D eigenvalue weighted by Gasteiger charge is 2.22. The first-order valence-corrected chi connectivity index (χ1v) is 10.5. The summed E-state index contributed by atoms with van der Waals surface area (Å²) < 4.78 is 7.97. The lowest BCUT2D eigenvalue weighted by Gasteiger charge is -2.19. The summed E-state index contributed by atoms with van der Waals surface area (Å²) in [5, 5.41) is 8.89.